The number of rotatable bonds is 5. The molecule has 5 nitrogen and oxygen atoms in total. The molecule has 0 spiro atoms. The van der Waals surface area contributed by atoms with Gasteiger partial charge in [0.2, 0.25) is 0 Å². The molecule has 0 aliphatic rings. The summed E-state index contributed by atoms with van der Waals surface area (Å²) in [5.41, 5.74) is 7.12. The maximum Gasteiger partial charge on any atom is 0.304 e. The van der Waals surface area contributed by atoms with Gasteiger partial charge in [0.15, 0.2) is 0 Å². The van der Waals surface area contributed by atoms with Crippen LogP contribution in [-0.4, -0.2) is 26.8 Å². The summed E-state index contributed by atoms with van der Waals surface area (Å²) < 4.78 is 0. The number of nitrogen functional groups attached to an aromatic ring is 1. The number of anilines is 1. The first-order valence-corrected chi connectivity index (χ1v) is 7.77. The van der Waals surface area contributed by atoms with E-state index in [1.54, 1.807) is 11.3 Å². The van der Waals surface area contributed by atoms with E-state index in [4.69, 9.17) is 10.8 Å². The topological polar surface area (TPSA) is 89.1 Å². The SMILES string of the molecule is Cc1sc2nc(CSCCC(=O)O)nc(N)c2c1C. The van der Waals surface area contributed by atoms with Gasteiger partial charge in [-0.05, 0) is 19.4 Å². The van der Waals surface area contributed by atoms with Crippen LogP contribution in [0.5, 0.6) is 0 Å². The second-order valence-corrected chi connectivity index (χ2v) is 6.49. The van der Waals surface area contributed by atoms with Crippen molar-refractivity contribution >= 4 is 45.1 Å². The zero-order valence-electron chi connectivity index (χ0n) is 10.8. The Balaban J connectivity index is 2.15. The summed E-state index contributed by atoms with van der Waals surface area (Å²) in [4.78, 5) is 21.3. The summed E-state index contributed by atoms with van der Waals surface area (Å²) in [6, 6.07) is 0. The molecule has 0 bridgehead atoms. The van der Waals surface area contributed by atoms with Gasteiger partial charge >= 0.3 is 5.97 Å². The van der Waals surface area contributed by atoms with Crippen LogP contribution in [0.3, 0.4) is 0 Å². The third-order valence-electron chi connectivity index (χ3n) is 2.79. The third-order valence-corrected chi connectivity index (χ3v) is 4.85. The lowest BCUT2D eigenvalue weighted by Gasteiger charge is -2.02. The number of aliphatic carboxylic acids is 1. The summed E-state index contributed by atoms with van der Waals surface area (Å²) in [5, 5.41) is 9.51. The number of nitrogens with zero attached hydrogens (tertiary/aromatic N) is 2. The van der Waals surface area contributed by atoms with E-state index < -0.39 is 5.97 Å². The van der Waals surface area contributed by atoms with Gasteiger partial charge in [0.05, 0.1) is 17.6 Å². The van der Waals surface area contributed by atoms with Crippen molar-refractivity contribution in [1.29, 1.82) is 0 Å². The quantitative estimate of drug-likeness (QED) is 0.825. The molecule has 7 heteroatoms. The Morgan fingerprint density at radius 3 is 2.84 bits per heavy atom. The molecule has 3 N–H and O–H groups in total. The predicted molar refractivity (Wildman–Crippen MR) is 79.7 cm³/mol. The van der Waals surface area contributed by atoms with Gasteiger partial charge in [0, 0.05) is 10.6 Å². The molecular formula is C12H15N3O2S2. The molecular weight excluding hydrogens is 282 g/mol. The average Bonchev–Trinajstić information content (AvgIpc) is 2.61. The molecule has 0 fully saturated rings. The van der Waals surface area contributed by atoms with E-state index in [0.717, 1.165) is 15.8 Å². The molecule has 19 heavy (non-hydrogen) atoms. The zero-order valence-corrected chi connectivity index (χ0v) is 12.4. The van der Waals surface area contributed by atoms with Crippen LogP contribution >= 0.6 is 23.1 Å². The van der Waals surface area contributed by atoms with Gasteiger partial charge in [-0.2, -0.15) is 11.8 Å². The number of hydrogen-bond donors (Lipinski definition) is 2. The van der Waals surface area contributed by atoms with E-state index in [-0.39, 0.29) is 6.42 Å². The first kappa shape index (κ1) is 14.1. The first-order chi connectivity index (χ1) is 8.99. The van der Waals surface area contributed by atoms with Crippen LogP contribution in [-0.2, 0) is 10.5 Å². The monoisotopic (exact) mass is 297 g/mol. The molecule has 0 amide bonds. The standard InChI is InChI=1S/C12H15N3O2S2/c1-6-7(2)19-12-10(6)11(13)14-8(15-12)5-18-4-3-9(16)17/h3-5H2,1-2H3,(H,16,17)(H2,13,14,15). The fourth-order valence-electron chi connectivity index (χ4n) is 1.71. The first-order valence-electron chi connectivity index (χ1n) is 5.80. The minimum Gasteiger partial charge on any atom is -0.481 e. The Bertz CT molecular complexity index is 625. The maximum absolute atomic E-state index is 10.4. The van der Waals surface area contributed by atoms with Crippen molar-refractivity contribution in [2.24, 2.45) is 0 Å². The number of fused-ring (bicyclic) bond motifs is 1. The molecule has 2 aromatic rings. The number of aromatic nitrogens is 2. The predicted octanol–water partition coefficient (Wildman–Crippen LogP) is 2.60. The Morgan fingerprint density at radius 1 is 1.42 bits per heavy atom. The number of aryl methyl sites for hydroxylation is 2. The Labute approximate surface area is 119 Å². The van der Waals surface area contributed by atoms with Crippen molar-refractivity contribution in [1.82, 2.24) is 9.97 Å². The van der Waals surface area contributed by atoms with E-state index in [9.17, 15) is 4.79 Å². The fraction of sp³-hybridized carbons (Fsp3) is 0.417. The number of thiophene rings is 1. The molecule has 2 rings (SSSR count). The third kappa shape index (κ3) is 3.16. The number of nitrogens with two attached hydrogens (primary N) is 1. The minimum atomic E-state index is -0.784. The maximum atomic E-state index is 10.4. The van der Waals surface area contributed by atoms with Crippen LogP contribution in [0.15, 0.2) is 0 Å². The van der Waals surface area contributed by atoms with Gasteiger partial charge in [-0.1, -0.05) is 0 Å². The molecule has 0 aromatic carbocycles. The second kappa shape index (κ2) is 5.75. The smallest absolute Gasteiger partial charge is 0.304 e. The van der Waals surface area contributed by atoms with E-state index in [2.05, 4.69) is 9.97 Å². The number of hydrogen-bond acceptors (Lipinski definition) is 6. The highest BCUT2D eigenvalue weighted by molar-refractivity contribution is 7.98. The highest BCUT2D eigenvalue weighted by Gasteiger charge is 2.12. The number of carbonyl (C=O) groups is 1. The van der Waals surface area contributed by atoms with Crippen molar-refractivity contribution in [2.45, 2.75) is 26.0 Å². The molecule has 0 radical (unpaired) electrons. The Kier molecular flexibility index (Phi) is 4.26. The van der Waals surface area contributed by atoms with Crippen molar-refractivity contribution in [3.63, 3.8) is 0 Å². The van der Waals surface area contributed by atoms with Gasteiger partial charge in [-0.25, -0.2) is 9.97 Å². The van der Waals surface area contributed by atoms with Crippen LogP contribution in [0.1, 0.15) is 22.7 Å². The van der Waals surface area contributed by atoms with Gasteiger partial charge in [0.25, 0.3) is 0 Å². The molecule has 2 heterocycles. The van der Waals surface area contributed by atoms with Gasteiger partial charge in [0.1, 0.15) is 16.5 Å². The number of carboxylic acid groups (broad SMARTS) is 1. The van der Waals surface area contributed by atoms with Crippen molar-refractivity contribution < 1.29 is 9.90 Å². The largest absolute Gasteiger partial charge is 0.481 e. The van der Waals surface area contributed by atoms with E-state index in [1.807, 2.05) is 13.8 Å². The lowest BCUT2D eigenvalue weighted by molar-refractivity contribution is -0.136. The number of thioether (sulfide) groups is 1. The lowest BCUT2D eigenvalue weighted by Crippen LogP contribution is -2.00. The Hall–Kier alpha value is -1.34. The molecule has 0 atom stereocenters. The highest BCUT2D eigenvalue weighted by atomic mass is 32.2. The molecule has 2 aromatic heterocycles. The summed E-state index contributed by atoms with van der Waals surface area (Å²) in [5.74, 6) is 1.54. The highest BCUT2D eigenvalue weighted by Crippen LogP contribution is 2.32. The van der Waals surface area contributed by atoms with Crippen molar-refractivity contribution in [2.75, 3.05) is 11.5 Å². The van der Waals surface area contributed by atoms with Gasteiger partial charge < -0.3 is 10.8 Å². The van der Waals surface area contributed by atoms with Crippen LogP contribution in [0.4, 0.5) is 5.82 Å². The summed E-state index contributed by atoms with van der Waals surface area (Å²) in [6.45, 7) is 4.07. The molecule has 0 saturated carbocycles. The lowest BCUT2D eigenvalue weighted by atomic mass is 10.2. The molecule has 102 valence electrons. The van der Waals surface area contributed by atoms with Crippen LogP contribution < -0.4 is 5.73 Å². The average molecular weight is 297 g/mol. The summed E-state index contributed by atoms with van der Waals surface area (Å²) >= 11 is 3.12. The normalized spacial score (nSPS) is 11.1. The summed E-state index contributed by atoms with van der Waals surface area (Å²) in [7, 11) is 0. The van der Waals surface area contributed by atoms with Crippen LogP contribution in [0.25, 0.3) is 10.2 Å². The zero-order chi connectivity index (χ0) is 14.0. The summed E-state index contributed by atoms with van der Waals surface area (Å²) in [6.07, 6.45) is 0.152. The fourth-order valence-corrected chi connectivity index (χ4v) is 3.54. The van der Waals surface area contributed by atoms with Crippen molar-refractivity contribution in [3.05, 3.63) is 16.3 Å². The van der Waals surface area contributed by atoms with Gasteiger partial charge in [-0.3, -0.25) is 4.79 Å². The molecule has 0 unspecified atom stereocenters. The van der Waals surface area contributed by atoms with Gasteiger partial charge in [-0.15, -0.1) is 11.3 Å². The van der Waals surface area contributed by atoms with Crippen LogP contribution in [0.2, 0.25) is 0 Å². The number of carboxylic acids is 1. The van der Waals surface area contributed by atoms with E-state index in [1.165, 1.54) is 16.6 Å². The minimum absolute atomic E-state index is 0.152. The van der Waals surface area contributed by atoms with E-state index >= 15 is 0 Å². The van der Waals surface area contributed by atoms with Crippen molar-refractivity contribution in [3.8, 4) is 0 Å². The molecule has 0 saturated heterocycles. The van der Waals surface area contributed by atoms with E-state index in [0.29, 0.717) is 23.1 Å². The molecule has 0 aliphatic carbocycles. The van der Waals surface area contributed by atoms with Crippen LogP contribution in [0, 0.1) is 13.8 Å². The second-order valence-electron chi connectivity index (χ2n) is 4.18. The Morgan fingerprint density at radius 2 is 2.16 bits per heavy atom. The molecule has 0 aliphatic heterocycles.